The lowest BCUT2D eigenvalue weighted by Gasteiger charge is -2.33. The monoisotopic (exact) mass is 353 g/mol. The van der Waals surface area contributed by atoms with E-state index in [2.05, 4.69) is 24.4 Å². The minimum atomic E-state index is 0.366. The molecule has 0 amide bonds. The number of piperidine rings is 1. The zero-order valence-electron chi connectivity index (χ0n) is 13.9. The average molecular weight is 354 g/mol. The first-order valence-electron chi connectivity index (χ1n) is 8.57. The Morgan fingerprint density at radius 2 is 1.96 bits per heavy atom. The SMILES string of the molecule is Clc1cccnc1N1CCC[C@@H](c2nccn2Cc2ccccn2)C1. The Hall–Kier alpha value is -2.40. The van der Waals surface area contributed by atoms with Gasteiger partial charge in [-0.05, 0) is 37.1 Å². The zero-order valence-corrected chi connectivity index (χ0v) is 14.7. The Balaban J connectivity index is 1.54. The number of anilines is 1. The summed E-state index contributed by atoms with van der Waals surface area (Å²) in [7, 11) is 0. The van der Waals surface area contributed by atoms with E-state index in [1.165, 1.54) is 0 Å². The number of nitrogens with zero attached hydrogens (tertiary/aromatic N) is 5. The molecule has 0 aromatic carbocycles. The van der Waals surface area contributed by atoms with Gasteiger partial charge in [0.15, 0.2) is 0 Å². The molecule has 6 heteroatoms. The van der Waals surface area contributed by atoms with Crippen molar-refractivity contribution >= 4 is 17.4 Å². The molecule has 0 aliphatic carbocycles. The number of halogens is 1. The van der Waals surface area contributed by atoms with E-state index in [0.717, 1.165) is 49.8 Å². The highest BCUT2D eigenvalue weighted by Crippen LogP contribution is 2.31. The lowest BCUT2D eigenvalue weighted by Crippen LogP contribution is -2.36. The van der Waals surface area contributed by atoms with Gasteiger partial charge in [-0.2, -0.15) is 0 Å². The van der Waals surface area contributed by atoms with Gasteiger partial charge in [-0.3, -0.25) is 4.98 Å². The first-order chi connectivity index (χ1) is 12.3. The first-order valence-corrected chi connectivity index (χ1v) is 8.95. The van der Waals surface area contributed by atoms with Crippen LogP contribution in [0.1, 0.15) is 30.3 Å². The molecule has 0 bridgehead atoms. The summed E-state index contributed by atoms with van der Waals surface area (Å²) in [5.74, 6) is 2.35. The van der Waals surface area contributed by atoms with Crippen LogP contribution in [0.3, 0.4) is 0 Å². The average Bonchev–Trinajstić information content (AvgIpc) is 3.11. The van der Waals surface area contributed by atoms with E-state index in [9.17, 15) is 0 Å². The molecule has 1 saturated heterocycles. The van der Waals surface area contributed by atoms with Gasteiger partial charge in [0.25, 0.3) is 0 Å². The Kier molecular flexibility index (Phi) is 4.65. The van der Waals surface area contributed by atoms with Gasteiger partial charge in [-0.15, -0.1) is 0 Å². The molecule has 1 atom stereocenters. The second-order valence-electron chi connectivity index (χ2n) is 6.33. The van der Waals surface area contributed by atoms with Crippen LogP contribution in [0.25, 0.3) is 0 Å². The van der Waals surface area contributed by atoms with Crippen LogP contribution in [0.5, 0.6) is 0 Å². The fourth-order valence-corrected chi connectivity index (χ4v) is 3.71. The van der Waals surface area contributed by atoms with Crippen molar-refractivity contribution in [1.82, 2.24) is 19.5 Å². The van der Waals surface area contributed by atoms with Crippen LogP contribution >= 0.6 is 11.6 Å². The van der Waals surface area contributed by atoms with Crippen molar-refractivity contribution in [3.8, 4) is 0 Å². The number of imidazole rings is 1. The van der Waals surface area contributed by atoms with Crippen LogP contribution in [0.15, 0.2) is 55.1 Å². The second kappa shape index (κ2) is 7.23. The highest BCUT2D eigenvalue weighted by molar-refractivity contribution is 6.32. The second-order valence-corrected chi connectivity index (χ2v) is 6.74. The van der Waals surface area contributed by atoms with E-state index in [1.807, 2.05) is 48.9 Å². The molecule has 0 radical (unpaired) electrons. The lowest BCUT2D eigenvalue weighted by molar-refractivity contribution is 0.473. The largest absolute Gasteiger partial charge is 0.355 e. The third-order valence-electron chi connectivity index (χ3n) is 4.63. The summed E-state index contributed by atoms with van der Waals surface area (Å²) in [6, 6.07) is 9.77. The number of pyridine rings is 2. The van der Waals surface area contributed by atoms with Crippen LogP contribution in [0, 0.1) is 0 Å². The molecule has 1 fully saturated rings. The molecular formula is C19H20ClN5. The molecule has 0 spiro atoms. The molecule has 3 aromatic rings. The molecule has 0 unspecified atom stereocenters. The summed E-state index contributed by atoms with van der Waals surface area (Å²) in [6.07, 6.45) is 9.78. The molecule has 1 aliphatic heterocycles. The summed E-state index contributed by atoms with van der Waals surface area (Å²) in [5.41, 5.74) is 1.04. The fraction of sp³-hybridized carbons (Fsp3) is 0.316. The molecule has 128 valence electrons. The number of hydrogen-bond donors (Lipinski definition) is 0. The minimum Gasteiger partial charge on any atom is -0.355 e. The molecule has 5 nitrogen and oxygen atoms in total. The van der Waals surface area contributed by atoms with Crippen LogP contribution in [-0.2, 0) is 6.54 Å². The normalized spacial score (nSPS) is 17.6. The lowest BCUT2D eigenvalue weighted by atomic mass is 9.97. The van der Waals surface area contributed by atoms with Crippen molar-refractivity contribution < 1.29 is 0 Å². The van der Waals surface area contributed by atoms with Crippen molar-refractivity contribution in [1.29, 1.82) is 0 Å². The highest BCUT2D eigenvalue weighted by atomic mass is 35.5. The van der Waals surface area contributed by atoms with Crippen LogP contribution in [-0.4, -0.2) is 32.6 Å². The van der Waals surface area contributed by atoms with Gasteiger partial charge in [0.05, 0.1) is 17.3 Å². The predicted octanol–water partition coefficient (Wildman–Crippen LogP) is 3.76. The maximum absolute atomic E-state index is 6.34. The van der Waals surface area contributed by atoms with E-state index in [-0.39, 0.29) is 0 Å². The van der Waals surface area contributed by atoms with E-state index in [0.29, 0.717) is 10.9 Å². The number of rotatable bonds is 4. The molecule has 25 heavy (non-hydrogen) atoms. The first kappa shape index (κ1) is 16.1. The minimum absolute atomic E-state index is 0.366. The smallest absolute Gasteiger partial charge is 0.147 e. The van der Waals surface area contributed by atoms with E-state index in [1.54, 1.807) is 6.20 Å². The van der Waals surface area contributed by atoms with Crippen molar-refractivity contribution in [2.24, 2.45) is 0 Å². The standard InChI is InChI=1S/C19H20ClN5/c20-17-7-3-9-22-19(17)24-11-4-5-15(13-24)18-23-10-12-25(18)14-16-6-1-2-8-21-16/h1-3,6-10,12,15H,4-5,11,13-14H2/t15-/m1/s1. The number of hydrogen-bond acceptors (Lipinski definition) is 4. The van der Waals surface area contributed by atoms with Gasteiger partial charge < -0.3 is 9.47 Å². The van der Waals surface area contributed by atoms with Crippen LogP contribution in [0.4, 0.5) is 5.82 Å². The van der Waals surface area contributed by atoms with Gasteiger partial charge in [0.1, 0.15) is 11.6 Å². The Labute approximate surface area is 152 Å². The Bertz CT molecular complexity index is 833. The van der Waals surface area contributed by atoms with Gasteiger partial charge in [-0.25, -0.2) is 9.97 Å². The van der Waals surface area contributed by atoms with E-state index in [4.69, 9.17) is 11.6 Å². The van der Waals surface area contributed by atoms with Crippen LogP contribution < -0.4 is 4.90 Å². The maximum atomic E-state index is 6.34. The fourth-order valence-electron chi connectivity index (χ4n) is 3.47. The van der Waals surface area contributed by atoms with E-state index >= 15 is 0 Å². The van der Waals surface area contributed by atoms with Gasteiger partial charge >= 0.3 is 0 Å². The zero-order chi connectivity index (χ0) is 17.1. The summed E-state index contributed by atoms with van der Waals surface area (Å²) in [4.78, 5) is 15.8. The summed E-state index contributed by atoms with van der Waals surface area (Å²) in [5, 5.41) is 0.708. The maximum Gasteiger partial charge on any atom is 0.147 e. The molecule has 0 N–H and O–H groups in total. The third-order valence-corrected chi connectivity index (χ3v) is 4.93. The van der Waals surface area contributed by atoms with Crippen LogP contribution in [0.2, 0.25) is 5.02 Å². The van der Waals surface area contributed by atoms with Gasteiger partial charge in [0, 0.05) is 43.8 Å². The Morgan fingerprint density at radius 3 is 2.80 bits per heavy atom. The summed E-state index contributed by atoms with van der Waals surface area (Å²) < 4.78 is 2.20. The van der Waals surface area contributed by atoms with Crippen molar-refractivity contribution in [2.75, 3.05) is 18.0 Å². The van der Waals surface area contributed by atoms with Gasteiger partial charge in [0.2, 0.25) is 0 Å². The molecule has 1 aliphatic rings. The quantitative estimate of drug-likeness (QED) is 0.716. The summed E-state index contributed by atoms with van der Waals surface area (Å²) in [6.45, 7) is 2.61. The molecule has 4 rings (SSSR count). The highest BCUT2D eigenvalue weighted by Gasteiger charge is 2.26. The van der Waals surface area contributed by atoms with Gasteiger partial charge in [-0.1, -0.05) is 17.7 Å². The van der Waals surface area contributed by atoms with Crippen molar-refractivity contribution in [2.45, 2.75) is 25.3 Å². The van der Waals surface area contributed by atoms with Crippen molar-refractivity contribution in [3.63, 3.8) is 0 Å². The summed E-state index contributed by atoms with van der Waals surface area (Å²) >= 11 is 6.34. The predicted molar refractivity (Wildman–Crippen MR) is 99.0 cm³/mol. The molecular weight excluding hydrogens is 334 g/mol. The molecule has 3 aromatic heterocycles. The Morgan fingerprint density at radius 1 is 1.04 bits per heavy atom. The topological polar surface area (TPSA) is 46.8 Å². The molecule has 4 heterocycles. The third kappa shape index (κ3) is 3.51. The van der Waals surface area contributed by atoms with Crippen molar-refractivity contribution in [3.05, 3.63) is 71.7 Å². The van der Waals surface area contributed by atoms with E-state index < -0.39 is 0 Å². The number of aromatic nitrogens is 4. The molecule has 0 saturated carbocycles.